The Bertz CT molecular complexity index is 333. The molecule has 0 radical (unpaired) electrons. The van der Waals surface area contributed by atoms with Crippen LogP contribution < -0.4 is 0 Å². The second-order valence-corrected chi connectivity index (χ2v) is 4.95. The molecule has 1 aromatic rings. The summed E-state index contributed by atoms with van der Waals surface area (Å²) in [5, 5.41) is 0. The van der Waals surface area contributed by atoms with Crippen molar-refractivity contribution in [3.63, 3.8) is 0 Å². The highest BCUT2D eigenvalue weighted by molar-refractivity contribution is 5.51. The molecule has 1 fully saturated rings. The quantitative estimate of drug-likeness (QED) is 0.694. The molecule has 0 amide bonds. The lowest BCUT2D eigenvalue weighted by Gasteiger charge is -2.12. The first-order valence-electron chi connectivity index (χ1n) is 6.34. The van der Waals surface area contributed by atoms with Crippen molar-refractivity contribution in [2.75, 3.05) is 0 Å². The molecule has 16 heavy (non-hydrogen) atoms. The van der Waals surface area contributed by atoms with E-state index in [1.165, 1.54) is 36.8 Å². The molecule has 1 heteroatoms. The first-order valence-corrected chi connectivity index (χ1v) is 6.34. The molecule has 1 saturated carbocycles. The molecule has 1 atom stereocenters. The minimum Gasteiger partial charge on any atom is -0.303 e. The van der Waals surface area contributed by atoms with Gasteiger partial charge in [0, 0.05) is 6.42 Å². The largest absolute Gasteiger partial charge is 0.303 e. The number of benzene rings is 1. The molecule has 1 unspecified atom stereocenters. The molecule has 1 aliphatic rings. The summed E-state index contributed by atoms with van der Waals surface area (Å²) in [4.78, 5) is 10.5. The van der Waals surface area contributed by atoms with Gasteiger partial charge in [-0.1, -0.05) is 44.0 Å². The summed E-state index contributed by atoms with van der Waals surface area (Å²) < 4.78 is 0. The third-order valence-corrected chi connectivity index (χ3v) is 3.78. The van der Waals surface area contributed by atoms with Gasteiger partial charge in [-0.2, -0.15) is 0 Å². The predicted octanol–water partition coefficient (Wildman–Crippen LogP) is 4.04. The normalized spacial score (nSPS) is 18.6. The molecule has 1 aliphatic carbocycles. The van der Waals surface area contributed by atoms with E-state index in [0.29, 0.717) is 12.3 Å². The van der Waals surface area contributed by atoms with Crippen LogP contribution in [0.3, 0.4) is 0 Å². The van der Waals surface area contributed by atoms with E-state index in [-0.39, 0.29) is 0 Å². The van der Waals surface area contributed by atoms with Gasteiger partial charge in [0.1, 0.15) is 6.29 Å². The maximum atomic E-state index is 10.5. The second kappa shape index (κ2) is 5.29. The van der Waals surface area contributed by atoms with E-state index in [2.05, 4.69) is 31.2 Å². The number of hydrogen-bond donors (Lipinski definition) is 0. The standard InChI is InChI=1S/C15H20O/c1-12(10-11-16)13-6-8-15(9-7-13)14-4-2-3-5-14/h6-9,11-12,14H,2-5,10H2,1H3. The summed E-state index contributed by atoms with van der Waals surface area (Å²) in [6, 6.07) is 8.91. The maximum Gasteiger partial charge on any atom is 0.120 e. The monoisotopic (exact) mass is 216 g/mol. The Kier molecular flexibility index (Phi) is 3.76. The van der Waals surface area contributed by atoms with Crippen molar-refractivity contribution in [1.82, 2.24) is 0 Å². The molecule has 0 aliphatic heterocycles. The van der Waals surface area contributed by atoms with E-state index in [9.17, 15) is 4.79 Å². The smallest absolute Gasteiger partial charge is 0.120 e. The molecule has 0 N–H and O–H groups in total. The second-order valence-electron chi connectivity index (χ2n) is 4.95. The van der Waals surface area contributed by atoms with Crippen LogP contribution in [0.25, 0.3) is 0 Å². The Morgan fingerprint density at radius 3 is 2.44 bits per heavy atom. The minimum absolute atomic E-state index is 0.357. The van der Waals surface area contributed by atoms with Crippen LogP contribution >= 0.6 is 0 Å². The van der Waals surface area contributed by atoms with Crippen LogP contribution in [-0.4, -0.2) is 6.29 Å². The molecule has 86 valence electrons. The fourth-order valence-electron chi connectivity index (χ4n) is 2.64. The molecular weight excluding hydrogens is 196 g/mol. The average molecular weight is 216 g/mol. The average Bonchev–Trinajstić information content (AvgIpc) is 2.83. The first-order chi connectivity index (χ1) is 7.81. The predicted molar refractivity (Wildman–Crippen MR) is 66.7 cm³/mol. The van der Waals surface area contributed by atoms with Gasteiger partial charge >= 0.3 is 0 Å². The van der Waals surface area contributed by atoms with E-state index < -0.39 is 0 Å². The Morgan fingerprint density at radius 2 is 1.88 bits per heavy atom. The summed E-state index contributed by atoms with van der Waals surface area (Å²) in [6.07, 6.45) is 7.10. The van der Waals surface area contributed by atoms with E-state index in [1.54, 1.807) is 0 Å². The van der Waals surface area contributed by atoms with Crippen molar-refractivity contribution in [1.29, 1.82) is 0 Å². The molecule has 0 saturated heterocycles. The lowest BCUT2D eigenvalue weighted by molar-refractivity contribution is -0.108. The van der Waals surface area contributed by atoms with Crippen molar-refractivity contribution < 1.29 is 4.79 Å². The van der Waals surface area contributed by atoms with Gasteiger partial charge in [-0.3, -0.25) is 0 Å². The third-order valence-electron chi connectivity index (χ3n) is 3.78. The zero-order chi connectivity index (χ0) is 11.4. The maximum absolute atomic E-state index is 10.5. The van der Waals surface area contributed by atoms with Crippen LogP contribution in [-0.2, 0) is 4.79 Å². The van der Waals surface area contributed by atoms with Gasteiger partial charge in [-0.15, -0.1) is 0 Å². The van der Waals surface area contributed by atoms with Crippen LogP contribution in [0.4, 0.5) is 0 Å². The van der Waals surface area contributed by atoms with Crippen molar-refractivity contribution in [3.8, 4) is 0 Å². The number of carbonyl (C=O) groups excluding carboxylic acids is 1. The number of aldehydes is 1. The molecule has 1 aromatic carbocycles. The highest BCUT2D eigenvalue weighted by Crippen LogP contribution is 2.34. The molecule has 0 heterocycles. The zero-order valence-electron chi connectivity index (χ0n) is 9.99. The SMILES string of the molecule is CC(CC=O)c1ccc(C2CCCC2)cc1. The van der Waals surface area contributed by atoms with Gasteiger partial charge in [0.2, 0.25) is 0 Å². The van der Waals surface area contributed by atoms with E-state index in [1.807, 2.05) is 0 Å². The van der Waals surface area contributed by atoms with Crippen molar-refractivity contribution in [2.45, 2.75) is 50.9 Å². The number of rotatable bonds is 4. The fraction of sp³-hybridized carbons (Fsp3) is 0.533. The summed E-state index contributed by atoms with van der Waals surface area (Å²) in [6.45, 7) is 2.11. The fourth-order valence-corrected chi connectivity index (χ4v) is 2.64. The minimum atomic E-state index is 0.357. The molecule has 0 bridgehead atoms. The van der Waals surface area contributed by atoms with Crippen LogP contribution in [0.5, 0.6) is 0 Å². The van der Waals surface area contributed by atoms with Crippen LogP contribution in [0.15, 0.2) is 24.3 Å². The van der Waals surface area contributed by atoms with Crippen molar-refractivity contribution in [3.05, 3.63) is 35.4 Å². The Hall–Kier alpha value is -1.11. The molecule has 2 rings (SSSR count). The lowest BCUT2D eigenvalue weighted by Crippen LogP contribution is -1.96. The van der Waals surface area contributed by atoms with Crippen LogP contribution in [0.1, 0.15) is 62.0 Å². The Balaban J connectivity index is 2.06. The van der Waals surface area contributed by atoms with Gasteiger partial charge in [0.15, 0.2) is 0 Å². The van der Waals surface area contributed by atoms with Gasteiger partial charge in [-0.25, -0.2) is 0 Å². The topological polar surface area (TPSA) is 17.1 Å². The van der Waals surface area contributed by atoms with Gasteiger partial charge in [-0.05, 0) is 35.8 Å². The van der Waals surface area contributed by atoms with E-state index in [0.717, 1.165) is 12.2 Å². The third kappa shape index (κ3) is 2.52. The summed E-state index contributed by atoms with van der Waals surface area (Å²) in [7, 11) is 0. The zero-order valence-corrected chi connectivity index (χ0v) is 9.99. The van der Waals surface area contributed by atoms with E-state index in [4.69, 9.17) is 0 Å². The van der Waals surface area contributed by atoms with Gasteiger partial charge in [0.05, 0.1) is 0 Å². The first kappa shape index (κ1) is 11.4. The summed E-state index contributed by atoms with van der Waals surface area (Å²) in [5.41, 5.74) is 2.77. The molecular formula is C15H20O. The van der Waals surface area contributed by atoms with Gasteiger partial charge in [0.25, 0.3) is 0 Å². The van der Waals surface area contributed by atoms with Crippen molar-refractivity contribution >= 4 is 6.29 Å². The Labute approximate surface area is 97.9 Å². The summed E-state index contributed by atoms with van der Waals surface area (Å²) >= 11 is 0. The van der Waals surface area contributed by atoms with Crippen molar-refractivity contribution in [2.24, 2.45) is 0 Å². The van der Waals surface area contributed by atoms with Crippen LogP contribution in [0.2, 0.25) is 0 Å². The Morgan fingerprint density at radius 1 is 1.25 bits per heavy atom. The van der Waals surface area contributed by atoms with E-state index >= 15 is 0 Å². The van der Waals surface area contributed by atoms with Gasteiger partial charge < -0.3 is 4.79 Å². The lowest BCUT2D eigenvalue weighted by atomic mass is 9.93. The molecule has 0 spiro atoms. The summed E-state index contributed by atoms with van der Waals surface area (Å²) in [5.74, 6) is 1.14. The number of hydrogen-bond acceptors (Lipinski definition) is 1. The highest BCUT2D eigenvalue weighted by atomic mass is 16.1. The molecule has 1 nitrogen and oxygen atoms in total. The number of carbonyl (C=O) groups is 1. The highest BCUT2D eigenvalue weighted by Gasteiger charge is 2.16. The van der Waals surface area contributed by atoms with Crippen LogP contribution in [0, 0.1) is 0 Å². The molecule has 0 aromatic heterocycles.